The topological polar surface area (TPSA) is 38.9 Å². The van der Waals surface area contributed by atoms with Crippen LogP contribution in [0.15, 0.2) is 23.7 Å². The first-order valence-corrected chi connectivity index (χ1v) is 4.74. The zero-order valence-electron chi connectivity index (χ0n) is 6.82. The lowest BCUT2D eigenvalue weighted by atomic mass is 10.1. The molecule has 0 bridgehead atoms. The van der Waals surface area contributed by atoms with Crippen LogP contribution in [0, 0.1) is 0 Å². The molecule has 1 aromatic heterocycles. The minimum Gasteiger partial charge on any atom is -0.324 e. The van der Waals surface area contributed by atoms with Crippen LogP contribution in [0.3, 0.4) is 0 Å². The maximum absolute atomic E-state index is 5.75. The average molecular weight is 178 g/mol. The monoisotopic (exact) mass is 178 g/mol. The highest BCUT2D eigenvalue weighted by molar-refractivity contribution is 7.16. The van der Waals surface area contributed by atoms with Crippen molar-refractivity contribution in [3.63, 3.8) is 0 Å². The van der Waals surface area contributed by atoms with Gasteiger partial charge in [-0.1, -0.05) is 6.07 Å². The van der Waals surface area contributed by atoms with Gasteiger partial charge < -0.3 is 5.73 Å². The number of aromatic nitrogens is 1. The quantitative estimate of drug-likeness (QED) is 0.727. The van der Waals surface area contributed by atoms with E-state index in [1.807, 2.05) is 12.4 Å². The summed E-state index contributed by atoms with van der Waals surface area (Å²) in [6, 6.07) is 6.28. The van der Waals surface area contributed by atoms with Gasteiger partial charge in [0, 0.05) is 6.04 Å². The van der Waals surface area contributed by atoms with Crippen LogP contribution in [0.5, 0.6) is 0 Å². The maximum atomic E-state index is 5.75. The molecule has 0 aliphatic rings. The molecule has 0 radical (unpaired) electrons. The number of thiazole rings is 1. The van der Waals surface area contributed by atoms with Crippen LogP contribution in [0.4, 0.5) is 0 Å². The lowest BCUT2D eigenvalue weighted by molar-refractivity contribution is 0.820. The lowest BCUT2D eigenvalue weighted by Gasteiger charge is -2.03. The zero-order chi connectivity index (χ0) is 8.55. The molecule has 1 heterocycles. The summed E-state index contributed by atoms with van der Waals surface area (Å²) in [5.74, 6) is 0. The third-order valence-corrected chi connectivity index (χ3v) is 2.69. The fraction of sp³-hybridized carbons (Fsp3) is 0.222. The van der Waals surface area contributed by atoms with Crippen LogP contribution >= 0.6 is 11.3 Å². The van der Waals surface area contributed by atoms with E-state index in [1.165, 1.54) is 4.70 Å². The molecule has 0 spiro atoms. The van der Waals surface area contributed by atoms with E-state index in [0.717, 1.165) is 11.1 Å². The summed E-state index contributed by atoms with van der Waals surface area (Å²) in [5, 5.41) is 0. The Morgan fingerprint density at radius 3 is 3.08 bits per heavy atom. The molecule has 0 aliphatic heterocycles. The van der Waals surface area contributed by atoms with Gasteiger partial charge >= 0.3 is 0 Å². The highest BCUT2D eigenvalue weighted by Crippen LogP contribution is 2.21. The van der Waals surface area contributed by atoms with Gasteiger partial charge in [0.1, 0.15) is 0 Å². The van der Waals surface area contributed by atoms with Gasteiger partial charge in [0.05, 0.1) is 15.7 Å². The van der Waals surface area contributed by atoms with Crippen molar-refractivity contribution in [3.05, 3.63) is 29.3 Å². The van der Waals surface area contributed by atoms with E-state index in [9.17, 15) is 0 Å². The van der Waals surface area contributed by atoms with E-state index < -0.39 is 0 Å². The van der Waals surface area contributed by atoms with Gasteiger partial charge in [-0.15, -0.1) is 11.3 Å². The number of fused-ring (bicyclic) bond motifs is 1. The average Bonchev–Trinajstić information content (AvgIpc) is 2.49. The molecule has 0 fully saturated rings. The van der Waals surface area contributed by atoms with E-state index in [4.69, 9.17) is 5.73 Å². The SMILES string of the molecule is C[C@@H](N)c1ccc2scnc2c1. The molecule has 1 atom stereocenters. The van der Waals surface area contributed by atoms with Gasteiger partial charge in [-0.25, -0.2) is 4.98 Å². The van der Waals surface area contributed by atoms with Crippen LogP contribution < -0.4 is 5.73 Å². The molecular weight excluding hydrogens is 168 g/mol. The molecule has 0 saturated heterocycles. The largest absolute Gasteiger partial charge is 0.324 e. The Balaban J connectivity index is 2.60. The second kappa shape index (κ2) is 2.84. The minimum absolute atomic E-state index is 0.0936. The van der Waals surface area contributed by atoms with Crippen molar-refractivity contribution in [2.75, 3.05) is 0 Å². The van der Waals surface area contributed by atoms with Crippen molar-refractivity contribution in [2.45, 2.75) is 13.0 Å². The van der Waals surface area contributed by atoms with Crippen molar-refractivity contribution >= 4 is 21.6 Å². The molecule has 62 valence electrons. The summed E-state index contributed by atoms with van der Waals surface area (Å²) < 4.78 is 1.22. The molecule has 12 heavy (non-hydrogen) atoms. The fourth-order valence-corrected chi connectivity index (χ4v) is 1.82. The summed E-state index contributed by atoms with van der Waals surface area (Å²) in [6.45, 7) is 1.98. The van der Waals surface area contributed by atoms with Gasteiger partial charge in [0.25, 0.3) is 0 Å². The Bertz CT molecular complexity index is 392. The van der Waals surface area contributed by atoms with Crippen LogP contribution in [0.2, 0.25) is 0 Å². The second-order valence-electron chi connectivity index (χ2n) is 2.87. The Morgan fingerprint density at radius 1 is 1.50 bits per heavy atom. The van der Waals surface area contributed by atoms with Crippen LogP contribution in [-0.2, 0) is 0 Å². The summed E-state index contributed by atoms with van der Waals surface area (Å²) in [4.78, 5) is 4.22. The van der Waals surface area contributed by atoms with Crippen LogP contribution in [-0.4, -0.2) is 4.98 Å². The number of hydrogen-bond donors (Lipinski definition) is 1. The second-order valence-corrected chi connectivity index (χ2v) is 3.75. The Morgan fingerprint density at radius 2 is 2.33 bits per heavy atom. The first-order chi connectivity index (χ1) is 5.77. The van der Waals surface area contributed by atoms with E-state index >= 15 is 0 Å². The van der Waals surface area contributed by atoms with Gasteiger partial charge in [0.2, 0.25) is 0 Å². The van der Waals surface area contributed by atoms with E-state index in [0.29, 0.717) is 0 Å². The summed E-state index contributed by atoms with van der Waals surface area (Å²) in [5.41, 5.74) is 9.80. The van der Waals surface area contributed by atoms with Gasteiger partial charge in [-0.05, 0) is 24.6 Å². The highest BCUT2D eigenvalue weighted by Gasteiger charge is 2.01. The molecule has 3 heteroatoms. The van der Waals surface area contributed by atoms with Gasteiger partial charge in [-0.3, -0.25) is 0 Å². The van der Waals surface area contributed by atoms with Crippen molar-refractivity contribution < 1.29 is 0 Å². The number of nitrogens with two attached hydrogens (primary N) is 1. The third kappa shape index (κ3) is 1.21. The van der Waals surface area contributed by atoms with Crippen LogP contribution in [0.25, 0.3) is 10.2 Å². The normalized spacial score (nSPS) is 13.5. The first-order valence-electron chi connectivity index (χ1n) is 3.86. The molecule has 2 nitrogen and oxygen atoms in total. The lowest BCUT2D eigenvalue weighted by Crippen LogP contribution is -2.04. The predicted molar refractivity (Wildman–Crippen MR) is 52.2 cm³/mol. The fourth-order valence-electron chi connectivity index (χ4n) is 1.16. The summed E-state index contributed by atoms with van der Waals surface area (Å²) in [7, 11) is 0. The van der Waals surface area contributed by atoms with Crippen molar-refractivity contribution in [2.24, 2.45) is 5.73 Å². The number of nitrogens with zero attached hydrogens (tertiary/aromatic N) is 1. The van der Waals surface area contributed by atoms with Gasteiger partial charge in [0.15, 0.2) is 0 Å². The van der Waals surface area contributed by atoms with E-state index in [-0.39, 0.29) is 6.04 Å². The highest BCUT2D eigenvalue weighted by atomic mass is 32.1. The van der Waals surface area contributed by atoms with Gasteiger partial charge in [-0.2, -0.15) is 0 Å². The molecule has 0 saturated carbocycles. The molecule has 2 N–H and O–H groups in total. The molecule has 0 amide bonds. The number of rotatable bonds is 1. The molecule has 1 aromatic carbocycles. The maximum Gasteiger partial charge on any atom is 0.0815 e. The Hall–Kier alpha value is -0.930. The zero-order valence-corrected chi connectivity index (χ0v) is 7.64. The summed E-state index contributed by atoms with van der Waals surface area (Å²) in [6.07, 6.45) is 0. The number of hydrogen-bond acceptors (Lipinski definition) is 3. The first kappa shape index (κ1) is 7.71. The summed E-state index contributed by atoms with van der Waals surface area (Å²) >= 11 is 1.66. The van der Waals surface area contributed by atoms with Crippen molar-refractivity contribution in [1.82, 2.24) is 4.98 Å². The molecular formula is C9H10N2S. The predicted octanol–water partition coefficient (Wildman–Crippen LogP) is 2.32. The Labute approximate surface area is 75.0 Å². The van der Waals surface area contributed by atoms with E-state index in [1.54, 1.807) is 11.3 Å². The van der Waals surface area contributed by atoms with Crippen LogP contribution in [0.1, 0.15) is 18.5 Å². The van der Waals surface area contributed by atoms with Crippen molar-refractivity contribution in [3.8, 4) is 0 Å². The smallest absolute Gasteiger partial charge is 0.0815 e. The standard InChI is InChI=1S/C9H10N2S/c1-6(10)7-2-3-9-8(4-7)11-5-12-9/h2-6H,10H2,1H3/t6-/m1/s1. The number of benzene rings is 1. The van der Waals surface area contributed by atoms with E-state index in [2.05, 4.69) is 23.2 Å². The molecule has 2 rings (SSSR count). The minimum atomic E-state index is 0.0936. The molecule has 0 aliphatic carbocycles. The molecule has 2 aromatic rings. The van der Waals surface area contributed by atoms with Crippen molar-refractivity contribution in [1.29, 1.82) is 0 Å². The molecule has 0 unspecified atom stereocenters. The Kier molecular flexibility index (Phi) is 1.83. The third-order valence-electron chi connectivity index (χ3n) is 1.88.